The number of phenolic OH excluding ortho intramolecular Hbond substituents is 1. The molecule has 4 nitrogen and oxygen atoms in total. The van der Waals surface area contributed by atoms with Crippen molar-refractivity contribution in [2.75, 3.05) is 13.2 Å². The molecule has 0 saturated carbocycles. The number of allylic oxidation sites excluding steroid dienone is 1. The Bertz CT molecular complexity index is 768. The molecule has 0 aromatic heterocycles. The molecule has 23 heavy (non-hydrogen) atoms. The van der Waals surface area contributed by atoms with Crippen molar-refractivity contribution in [3.8, 4) is 17.2 Å². The minimum Gasteiger partial charge on any atom is -0.507 e. The van der Waals surface area contributed by atoms with Crippen LogP contribution in [0.25, 0.3) is 6.08 Å². The maximum atomic E-state index is 12.1. The molecule has 1 heterocycles. The fourth-order valence-corrected chi connectivity index (χ4v) is 2.42. The summed E-state index contributed by atoms with van der Waals surface area (Å²) in [5.74, 6) is 0.949. The van der Waals surface area contributed by atoms with Crippen LogP contribution in [0.15, 0.2) is 42.5 Å². The molecular weight excluding hydrogens is 316 g/mol. The third-order valence-corrected chi connectivity index (χ3v) is 3.66. The predicted molar refractivity (Wildman–Crippen MR) is 88.5 cm³/mol. The van der Waals surface area contributed by atoms with Gasteiger partial charge in [0.2, 0.25) is 0 Å². The van der Waals surface area contributed by atoms with E-state index in [4.69, 9.17) is 21.1 Å². The normalized spacial score (nSPS) is 13.8. The molecule has 0 radical (unpaired) electrons. The van der Waals surface area contributed by atoms with Crippen LogP contribution in [-0.2, 0) is 0 Å². The number of benzene rings is 2. The second kappa shape index (κ2) is 6.75. The first-order valence-electron chi connectivity index (χ1n) is 7.24. The van der Waals surface area contributed by atoms with E-state index in [2.05, 4.69) is 0 Å². The Morgan fingerprint density at radius 2 is 1.87 bits per heavy atom. The molecular formula is C18H15ClO4. The number of ketones is 1. The van der Waals surface area contributed by atoms with Crippen molar-refractivity contribution in [3.63, 3.8) is 0 Å². The van der Waals surface area contributed by atoms with Crippen molar-refractivity contribution in [1.82, 2.24) is 0 Å². The van der Waals surface area contributed by atoms with E-state index >= 15 is 0 Å². The second-order valence-corrected chi connectivity index (χ2v) is 5.55. The van der Waals surface area contributed by atoms with Crippen molar-refractivity contribution >= 4 is 23.5 Å². The molecule has 0 fully saturated rings. The Labute approximate surface area is 138 Å². The van der Waals surface area contributed by atoms with Crippen LogP contribution in [0.3, 0.4) is 0 Å². The molecule has 0 saturated heterocycles. The van der Waals surface area contributed by atoms with Gasteiger partial charge < -0.3 is 14.6 Å². The summed E-state index contributed by atoms with van der Waals surface area (Å²) in [5.41, 5.74) is 1.02. The van der Waals surface area contributed by atoms with Crippen molar-refractivity contribution in [2.45, 2.75) is 6.42 Å². The van der Waals surface area contributed by atoms with Crippen LogP contribution in [0.2, 0.25) is 5.02 Å². The lowest BCUT2D eigenvalue weighted by Gasteiger charge is -2.07. The van der Waals surface area contributed by atoms with Crippen LogP contribution in [-0.4, -0.2) is 24.1 Å². The van der Waals surface area contributed by atoms with Gasteiger partial charge in [0.25, 0.3) is 0 Å². The summed E-state index contributed by atoms with van der Waals surface area (Å²) >= 11 is 5.76. The average Bonchev–Trinajstić information content (AvgIpc) is 2.77. The Kier molecular flexibility index (Phi) is 4.53. The molecule has 1 aliphatic rings. The van der Waals surface area contributed by atoms with Crippen LogP contribution < -0.4 is 9.47 Å². The topological polar surface area (TPSA) is 55.8 Å². The SMILES string of the molecule is O=C(/C=C/c1ccc2c(c1)OCCCO2)c1ccc(Cl)cc1O. The third-order valence-electron chi connectivity index (χ3n) is 3.42. The van der Waals surface area contributed by atoms with Gasteiger partial charge in [0.1, 0.15) is 5.75 Å². The molecule has 0 aliphatic carbocycles. The number of halogens is 1. The number of fused-ring (bicyclic) bond motifs is 1. The highest BCUT2D eigenvalue weighted by atomic mass is 35.5. The number of carbonyl (C=O) groups excluding carboxylic acids is 1. The Hall–Kier alpha value is -2.46. The van der Waals surface area contributed by atoms with Gasteiger partial charge in [-0.25, -0.2) is 0 Å². The standard InChI is InChI=1S/C18H15ClO4/c19-13-4-5-14(16(21)11-13)15(20)6-2-12-3-7-17-18(10-12)23-9-1-8-22-17/h2-7,10-11,21H,1,8-9H2/b6-2+. The molecule has 0 atom stereocenters. The number of rotatable bonds is 3. The summed E-state index contributed by atoms with van der Waals surface area (Å²) in [7, 11) is 0. The fourth-order valence-electron chi connectivity index (χ4n) is 2.26. The zero-order chi connectivity index (χ0) is 16.2. The quantitative estimate of drug-likeness (QED) is 0.680. The summed E-state index contributed by atoms with van der Waals surface area (Å²) < 4.78 is 11.2. The summed E-state index contributed by atoms with van der Waals surface area (Å²) in [6.45, 7) is 1.24. The molecule has 3 rings (SSSR count). The first-order chi connectivity index (χ1) is 11.1. The van der Waals surface area contributed by atoms with Gasteiger partial charge in [-0.15, -0.1) is 0 Å². The molecule has 118 valence electrons. The summed E-state index contributed by atoms with van der Waals surface area (Å²) in [5, 5.41) is 10.2. The lowest BCUT2D eigenvalue weighted by molar-refractivity contribution is 0.104. The van der Waals surface area contributed by atoms with Gasteiger partial charge in [0, 0.05) is 11.4 Å². The number of carbonyl (C=O) groups is 1. The van der Waals surface area contributed by atoms with Crippen LogP contribution in [0.1, 0.15) is 22.3 Å². The summed E-state index contributed by atoms with van der Waals surface area (Å²) in [6, 6.07) is 9.90. The zero-order valence-electron chi connectivity index (χ0n) is 12.3. The maximum Gasteiger partial charge on any atom is 0.189 e. The van der Waals surface area contributed by atoms with E-state index in [1.54, 1.807) is 12.1 Å². The van der Waals surface area contributed by atoms with Crippen molar-refractivity contribution in [1.29, 1.82) is 0 Å². The van der Waals surface area contributed by atoms with E-state index in [-0.39, 0.29) is 17.1 Å². The molecule has 0 bridgehead atoms. The van der Waals surface area contributed by atoms with Crippen LogP contribution >= 0.6 is 11.6 Å². The smallest absolute Gasteiger partial charge is 0.189 e. The molecule has 1 aliphatic heterocycles. The molecule has 2 aromatic carbocycles. The second-order valence-electron chi connectivity index (χ2n) is 5.12. The molecule has 0 amide bonds. The number of phenols is 1. The number of aromatic hydroxyl groups is 1. The zero-order valence-corrected chi connectivity index (χ0v) is 13.0. The molecule has 0 spiro atoms. The van der Waals surface area contributed by atoms with Gasteiger partial charge in [0.15, 0.2) is 17.3 Å². The highest BCUT2D eigenvalue weighted by molar-refractivity contribution is 6.31. The molecule has 5 heteroatoms. The van der Waals surface area contributed by atoms with E-state index in [1.807, 2.05) is 18.2 Å². The number of ether oxygens (including phenoxy) is 2. The lowest BCUT2D eigenvalue weighted by Crippen LogP contribution is -1.97. The first kappa shape index (κ1) is 15.4. The lowest BCUT2D eigenvalue weighted by atomic mass is 10.1. The summed E-state index contributed by atoms with van der Waals surface area (Å²) in [6.07, 6.45) is 3.92. The van der Waals surface area contributed by atoms with Gasteiger partial charge in [-0.1, -0.05) is 23.7 Å². The fraction of sp³-hybridized carbons (Fsp3) is 0.167. The van der Waals surface area contributed by atoms with Crippen LogP contribution in [0, 0.1) is 0 Å². The monoisotopic (exact) mass is 330 g/mol. The highest BCUT2D eigenvalue weighted by Gasteiger charge is 2.11. The number of hydrogen-bond donors (Lipinski definition) is 1. The van der Waals surface area contributed by atoms with Gasteiger partial charge >= 0.3 is 0 Å². The van der Waals surface area contributed by atoms with E-state index < -0.39 is 0 Å². The minimum atomic E-state index is -0.300. The van der Waals surface area contributed by atoms with Gasteiger partial charge in [-0.3, -0.25) is 4.79 Å². The van der Waals surface area contributed by atoms with Crippen molar-refractivity contribution < 1.29 is 19.4 Å². The van der Waals surface area contributed by atoms with Crippen LogP contribution in [0.4, 0.5) is 0 Å². The Balaban J connectivity index is 1.79. The Morgan fingerprint density at radius 3 is 2.65 bits per heavy atom. The van der Waals surface area contributed by atoms with Crippen LogP contribution in [0.5, 0.6) is 17.2 Å². The van der Waals surface area contributed by atoms with E-state index in [9.17, 15) is 9.90 Å². The van der Waals surface area contributed by atoms with Crippen molar-refractivity contribution in [3.05, 3.63) is 58.6 Å². The first-order valence-corrected chi connectivity index (χ1v) is 7.62. The molecule has 0 unspecified atom stereocenters. The van der Waals surface area contributed by atoms with E-state index in [0.29, 0.717) is 29.7 Å². The van der Waals surface area contributed by atoms with E-state index in [0.717, 1.165) is 12.0 Å². The third kappa shape index (κ3) is 3.66. The van der Waals surface area contributed by atoms with E-state index in [1.165, 1.54) is 18.2 Å². The van der Waals surface area contributed by atoms with Gasteiger partial charge in [-0.2, -0.15) is 0 Å². The average molecular weight is 331 g/mol. The highest BCUT2D eigenvalue weighted by Crippen LogP contribution is 2.31. The maximum absolute atomic E-state index is 12.1. The predicted octanol–water partition coefficient (Wildman–Crippen LogP) is 4.10. The van der Waals surface area contributed by atoms with Crippen molar-refractivity contribution in [2.24, 2.45) is 0 Å². The molecule has 2 aromatic rings. The Morgan fingerprint density at radius 1 is 1.09 bits per heavy atom. The summed E-state index contributed by atoms with van der Waals surface area (Å²) in [4.78, 5) is 12.1. The van der Waals surface area contributed by atoms with Gasteiger partial charge in [-0.05, 0) is 42.0 Å². The minimum absolute atomic E-state index is 0.134. The van der Waals surface area contributed by atoms with Gasteiger partial charge in [0.05, 0.1) is 18.8 Å². The number of hydrogen-bond acceptors (Lipinski definition) is 4. The molecule has 1 N–H and O–H groups in total. The largest absolute Gasteiger partial charge is 0.507 e.